The molecule has 0 saturated carbocycles. The standard InChI is InChI=1S/C12H16FN3O2/c13-10-5-9(14)1-2-11(10)16-4-3-8(7-16)6-15-12(17)18/h1-2,5,8,15H,3-4,6-7,14H2,(H,17,18). The van der Waals surface area contributed by atoms with Crippen molar-refractivity contribution in [1.82, 2.24) is 5.32 Å². The molecule has 1 aromatic rings. The number of halogens is 1. The van der Waals surface area contributed by atoms with Crippen LogP contribution in [-0.2, 0) is 0 Å². The molecule has 2 rings (SSSR count). The number of nitrogen functional groups attached to an aromatic ring is 1. The number of anilines is 2. The van der Waals surface area contributed by atoms with Crippen LogP contribution < -0.4 is 16.0 Å². The van der Waals surface area contributed by atoms with Gasteiger partial charge in [-0.2, -0.15) is 0 Å². The summed E-state index contributed by atoms with van der Waals surface area (Å²) in [5.74, 6) is -0.111. The quantitative estimate of drug-likeness (QED) is 0.713. The number of rotatable bonds is 3. The van der Waals surface area contributed by atoms with Gasteiger partial charge >= 0.3 is 6.09 Å². The smallest absolute Gasteiger partial charge is 0.404 e. The van der Waals surface area contributed by atoms with Gasteiger partial charge in [-0.3, -0.25) is 0 Å². The lowest BCUT2D eigenvalue weighted by atomic mass is 10.1. The Bertz CT molecular complexity index is 453. The molecule has 0 bridgehead atoms. The van der Waals surface area contributed by atoms with Crippen molar-refractivity contribution < 1.29 is 14.3 Å². The highest BCUT2D eigenvalue weighted by atomic mass is 19.1. The van der Waals surface area contributed by atoms with Gasteiger partial charge in [0.1, 0.15) is 5.82 Å². The summed E-state index contributed by atoms with van der Waals surface area (Å²) < 4.78 is 13.7. The Morgan fingerprint density at radius 1 is 1.61 bits per heavy atom. The van der Waals surface area contributed by atoms with Gasteiger partial charge in [0.15, 0.2) is 0 Å². The van der Waals surface area contributed by atoms with Crippen molar-refractivity contribution in [2.24, 2.45) is 5.92 Å². The number of hydrogen-bond donors (Lipinski definition) is 3. The average molecular weight is 253 g/mol. The van der Waals surface area contributed by atoms with E-state index >= 15 is 0 Å². The fourth-order valence-electron chi connectivity index (χ4n) is 2.23. The van der Waals surface area contributed by atoms with E-state index in [9.17, 15) is 9.18 Å². The summed E-state index contributed by atoms with van der Waals surface area (Å²) in [6, 6.07) is 4.64. The van der Waals surface area contributed by atoms with Crippen LogP contribution in [0.4, 0.5) is 20.6 Å². The minimum atomic E-state index is -1.02. The molecule has 0 radical (unpaired) electrons. The molecular weight excluding hydrogens is 237 g/mol. The third kappa shape index (κ3) is 2.82. The lowest BCUT2D eigenvalue weighted by Gasteiger charge is -2.19. The zero-order valence-electron chi connectivity index (χ0n) is 9.90. The van der Waals surface area contributed by atoms with Crippen molar-refractivity contribution in [3.05, 3.63) is 24.0 Å². The molecule has 6 heteroatoms. The highest BCUT2D eigenvalue weighted by Crippen LogP contribution is 2.27. The molecule has 1 aromatic carbocycles. The van der Waals surface area contributed by atoms with Gasteiger partial charge in [-0.15, -0.1) is 0 Å². The Morgan fingerprint density at radius 3 is 3.06 bits per heavy atom. The largest absolute Gasteiger partial charge is 0.465 e. The molecule has 5 nitrogen and oxygen atoms in total. The number of carboxylic acid groups (broad SMARTS) is 1. The van der Waals surface area contributed by atoms with Gasteiger partial charge in [0.25, 0.3) is 0 Å². The first-order valence-corrected chi connectivity index (χ1v) is 5.83. The monoisotopic (exact) mass is 253 g/mol. The fourth-order valence-corrected chi connectivity index (χ4v) is 2.23. The van der Waals surface area contributed by atoms with E-state index in [1.807, 2.05) is 4.90 Å². The molecule has 4 N–H and O–H groups in total. The normalized spacial score (nSPS) is 18.9. The number of hydrogen-bond acceptors (Lipinski definition) is 3. The molecule has 1 aliphatic heterocycles. The van der Waals surface area contributed by atoms with Gasteiger partial charge in [-0.1, -0.05) is 0 Å². The summed E-state index contributed by atoms with van der Waals surface area (Å²) in [6.07, 6.45) is -0.170. The van der Waals surface area contributed by atoms with E-state index in [2.05, 4.69) is 5.32 Å². The number of benzene rings is 1. The minimum absolute atomic E-state index is 0.220. The van der Waals surface area contributed by atoms with Crippen LogP contribution in [0, 0.1) is 11.7 Å². The molecule has 1 heterocycles. The minimum Gasteiger partial charge on any atom is -0.465 e. The number of amides is 1. The van der Waals surface area contributed by atoms with E-state index in [0.29, 0.717) is 24.5 Å². The highest BCUT2D eigenvalue weighted by Gasteiger charge is 2.24. The Hall–Kier alpha value is -1.98. The Balaban J connectivity index is 1.97. The van der Waals surface area contributed by atoms with Crippen molar-refractivity contribution in [3.8, 4) is 0 Å². The third-order valence-corrected chi connectivity index (χ3v) is 3.14. The Labute approximate surface area is 104 Å². The van der Waals surface area contributed by atoms with E-state index in [1.165, 1.54) is 6.07 Å². The number of carbonyl (C=O) groups is 1. The van der Waals surface area contributed by atoms with Crippen molar-refractivity contribution in [1.29, 1.82) is 0 Å². The van der Waals surface area contributed by atoms with E-state index in [4.69, 9.17) is 10.8 Å². The van der Waals surface area contributed by atoms with Crippen LogP contribution in [0.5, 0.6) is 0 Å². The van der Waals surface area contributed by atoms with Crippen LogP contribution in [0.1, 0.15) is 6.42 Å². The number of nitrogens with one attached hydrogen (secondary N) is 1. The van der Waals surface area contributed by atoms with Gasteiger partial charge in [-0.05, 0) is 30.5 Å². The first kappa shape index (κ1) is 12.5. The molecular formula is C12H16FN3O2. The van der Waals surface area contributed by atoms with Gasteiger partial charge in [0, 0.05) is 25.3 Å². The zero-order valence-corrected chi connectivity index (χ0v) is 9.90. The highest BCUT2D eigenvalue weighted by molar-refractivity contribution is 5.64. The fraction of sp³-hybridized carbons (Fsp3) is 0.417. The molecule has 1 saturated heterocycles. The predicted molar refractivity (Wildman–Crippen MR) is 67.2 cm³/mol. The van der Waals surface area contributed by atoms with E-state index in [0.717, 1.165) is 13.0 Å². The summed E-state index contributed by atoms with van der Waals surface area (Å²) in [7, 11) is 0. The van der Waals surface area contributed by atoms with Gasteiger partial charge in [0.2, 0.25) is 0 Å². The van der Waals surface area contributed by atoms with Crippen LogP contribution in [0.25, 0.3) is 0 Å². The molecule has 1 unspecified atom stereocenters. The topological polar surface area (TPSA) is 78.6 Å². The van der Waals surface area contributed by atoms with Crippen molar-refractivity contribution >= 4 is 17.5 Å². The Kier molecular flexibility index (Phi) is 3.55. The summed E-state index contributed by atoms with van der Waals surface area (Å²) in [6.45, 7) is 1.79. The first-order chi connectivity index (χ1) is 8.56. The number of nitrogens with zero attached hydrogens (tertiary/aromatic N) is 1. The van der Waals surface area contributed by atoms with Crippen molar-refractivity contribution in [2.75, 3.05) is 30.3 Å². The average Bonchev–Trinajstić information content (AvgIpc) is 2.75. The summed E-state index contributed by atoms with van der Waals surface area (Å²) >= 11 is 0. The van der Waals surface area contributed by atoms with Gasteiger partial charge < -0.3 is 21.1 Å². The predicted octanol–water partition coefficient (Wildman–Crippen LogP) is 1.50. The second-order valence-electron chi connectivity index (χ2n) is 4.50. The number of nitrogens with two attached hydrogens (primary N) is 1. The maximum atomic E-state index is 13.7. The van der Waals surface area contributed by atoms with Gasteiger partial charge in [0.05, 0.1) is 5.69 Å². The molecule has 1 fully saturated rings. The van der Waals surface area contributed by atoms with Crippen LogP contribution >= 0.6 is 0 Å². The molecule has 18 heavy (non-hydrogen) atoms. The van der Waals surface area contributed by atoms with E-state index < -0.39 is 6.09 Å². The van der Waals surface area contributed by atoms with Crippen LogP contribution in [0.15, 0.2) is 18.2 Å². The first-order valence-electron chi connectivity index (χ1n) is 5.83. The zero-order chi connectivity index (χ0) is 13.1. The van der Waals surface area contributed by atoms with Crippen LogP contribution in [-0.4, -0.2) is 30.8 Å². The molecule has 0 aromatic heterocycles. The SMILES string of the molecule is Nc1ccc(N2CCC(CNC(=O)O)C2)c(F)c1. The summed E-state index contributed by atoms with van der Waals surface area (Å²) in [5.41, 5.74) is 6.43. The molecule has 0 aliphatic carbocycles. The maximum absolute atomic E-state index is 13.7. The van der Waals surface area contributed by atoms with Gasteiger partial charge in [-0.25, -0.2) is 9.18 Å². The lowest BCUT2D eigenvalue weighted by molar-refractivity contribution is 0.192. The van der Waals surface area contributed by atoms with Crippen molar-refractivity contribution in [2.45, 2.75) is 6.42 Å². The van der Waals surface area contributed by atoms with Crippen LogP contribution in [0.2, 0.25) is 0 Å². The summed E-state index contributed by atoms with van der Waals surface area (Å²) in [4.78, 5) is 12.3. The third-order valence-electron chi connectivity index (χ3n) is 3.14. The maximum Gasteiger partial charge on any atom is 0.404 e. The molecule has 0 spiro atoms. The molecule has 1 aliphatic rings. The molecule has 98 valence electrons. The molecule has 1 atom stereocenters. The van der Waals surface area contributed by atoms with E-state index in [1.54, 1.807) is 12.1 Å². The van der Waals surface area contributed by atoms with E-state index in [-0.39, 0.29) is 11.7 Å². The van der Waals surface area contributed by atoms with Crippen LogP contribution in [0.3, 0.4) is 0 Å². The second kappa shape index (κ2) is 5.12. The Morgan fingerprint density at radius 2 is 2.39 bits per heavy atom. The second-order valence-corrected chi connectivity index (χ2v) is 4.50. The lowest BCUT2D eigenvalue weighted by Crippen LogP contribution is -2.29. The van der Waals surface area contributed by atoms with Crippen molar-refractivity contribution in [3.63, 3.8) is 0 Å². The molecule has 1 amide bonds. The summed E-state index contributed by atoms with van der Waals surface area (Å²) in [5, 5.41) is 10.9.